The molecule has 1 saturated carbocycles. The van der Waals surface area contributed by atoms with Crippen LogP contribution in [0.25, 0.3) is 0 Å². The van der Waals surface area contributed by atoms with Crippen molar-refractivity contribution in [2.24, 2.45) is 0 Å². The summed E-state index contributed by atoms with van der Waals surface area (Å²) in [6.07, 6.45) is 11.9. The van der Waals surface area contributed by atoms with Gasteiger partial charge in [-0.05, 0) is 44.9 Å². The molecule has 21 heavy (non-hydrogen) atoms. The SMILES string of the molecule is CCOC1(C(Cc2cnccc2N)NC)CCCCCC1. The summed E-state index contributed by atoms with van der Waals surface area (Å²) in [6.45, 7) is 2.86. The zero-order valence-electron chi connectivity index (χ0n) is 13.4. The molecule has 0 amide bonds. The maximum atomic E-state index is 6.29. The van der Waals surface area contributed by atoms with Gasteiger partial charge in [0, 0.05) is 30.7 Å². The van der Waals surface area contributed by atoms with Crippen LogP contribution in [0.2, 0.25) is 0 Å². The van der Waals surface area contributed by atoms with Crippen LogP contribution in [0.5, 0.6) is 0 Å². The first-order valence-electron chi connectivity index (χ1n) is 8.21. The van der Waals surface area contributed by atoms with E-state index in [2.05, 4.69) is 17.2 Å². The molecule has 2 rings (SSSR count). The van der Waals surface area contributed by atoms with Gasteiger partial charge in [0.1, 0.15) is 0 Å². The van der Waals surface area contributed by atoms with Crippen molar-refractivity contribution in [2.45, 2.75) is 63.5 Å². The van der Waals surface area contributed by atoms with Crippen LogP contribution in [0.3, 0.4) is 0 Å². The average Bonchev–Trinajstić information content (AvgIpc) is 2.73. The Morgan fingerprint density at radius 3 is 2.62 bits per heavy atom. The zero-order valence-corrected chi connectivity index (χ0v) is 13.4. The van der Waals surface area contributed by atoms with Crippen LogP contribution in [0.1, 0.15) is 51.0 Å². The van der Waals surface area contributed by atoms with Gasteiger partial charge in [-0.2, -0.15) is 0 Å². The third kappa shape index (κ3) is 3.95. The number of aromatic nitrogens is 1. The summed E-state index contributed by atoms with van der Waals surface area (Å²) in [6, 6.07) is 2.16. The summed E-state index contributed by atoms with van der Waals surface area (Å²) >= 11 is 0. The molecule has 1 aromatic heterocycles. The van der Waals surface area contributed by atoms with Gasteiger partial charge in [0.15, 0.2) is 0 Å². The van der Waals surface area contributed by atoms with Gasteiger partial charge in [0.2, 0.25) is 0 Å². The summed E-state index contributed by atoms with van der Waals surface area (Å²) in [5.41, 5.74) is 7.96. The van der Waals surface area contributed by atoms with Gasteiger partial charge in [-0.3, -0.25) is 4.98 Å². The molecule has 1 unspecified atom stereocenters. The number of rotatable bonds is 6. The van der Waals surface area contributed by atoms with Crippen LogP contribution in [0, 0.1) is 0 Å². The molecular weight excluding hydrogens is 262 g/mol. The first-order chi connectivity index (χ1) is 10.2. The molecule has 0 aliphatic heterocycles. The van der Waals surface area contributed by atoms with Crippen molar-refractivity contribution < 1.29 is 4.74 Å². The van der Waals surface area contributed by atoms with E-state index in [0.29, 0.717) is 0 Å². The molecule has 1 aliphatic rings. The van der Waals surface area contributed by atoms with Crippen LogP contribution < -0.4 is 11.1 Å². The lowest BCUT2D eigenvalue weighted by Crippen LogP contribution is -2.52. The van der Waals surface area contributed by atoms with Crippen LogP contribution in [-0.2, 0) is 11.2 Å². The van der Waals surface area contributed by atoms with Crippen LogP contribution >= 0.6 is 0 Å². The fraction of sp³-hybridized carbons (Fsp3) is 0.706. The van der Waals surface area contributed by atoms with E-state index in [9.17, 15) is 0 Å². The summed E-state index contributed by atoms with van der Waals surface area (Å²) in [5.74, 6) is 0. The Balaban J connectivity index is 2.20. The number of nitrogen functional groups attached to an aromatic ring is 1. The molecule has 0 saturated heterocycles. The number of nitrogens with one attached hydrogen (secondary N) is 1. The second-order valence-corrected chi connectivity index (χ2v) is 6.03. The van der Waals surface area contributed by atoms with Gasteiger partial charge in [-0.1, -0.05) is 25.7 Å². The number of nitrogens with zero attached hydrogens (tertiary/aromatic N) is 1. The van der Waals surface area contributed by atoms with Crippen molar-refractivity contribution in [1.82, 2.24) is 10.3 Å². The summed E-state index contributed by atoms with van der Waals surface area (Å²) in [4.78, 5) is 4.22. The molecule has 1 aromatic rings. The fourth-order valence-corrected chi connectivity index (χ4v) is 3.59. The Morgan fingerprint density at radius 2 is 2.05 bits per heavy atom. The van der Waals surface area contributed by atoms with E-state index < -0.39 is 0 Å². The molecule has 0 radical (unpaired) electrons. The molecule has 1 fully saturated rings. The Labute approximate surface area is 128 Å². The second-order valence-electron chi connectivity index (χ2n) is 6.03. The lowest BCUT2D eigenvalue weighted by molar-refractivity contribution is -0.0752. The number of anilines is 1. The first-order valence-corrected chi connectivity index (χ1v) is 8.21. The third-order valence-electron chi connectivity index (χ3n) is 4.73. The van der Waals surface area contributed by atoms with E-state index in [-0.39, 0.29) is 11.6 Å². The molecule has 0 aromatic carbocycles. The number of nitrogens with two attached hydrogens (primary N) is 1. The highest BCUT2D eigenvalue weighted by atomic mass is 16.5. The maximum absolute atomic E-state index is 6.29. The van der Waals surface area contributed by atoms with Gasteiger partial charge >= 0.3 is 0 Å². The van der Waals surface area contributed by atoms with Crippen LogP contribution in [0.15, 0.2) is 18.5 Å². The van der Waals surface area contributed by atoms with Crippen molar-refractivity contribution in [1.29, 1.82) is 0 Å². The smallest absolute Gasteiger partial charge is 0.0837 e. The predicted molar refractivity (Wildman–Crippen MR) is 87.3 cm³/mol. The molecule has 4 heteroatoms. The molecular formula is C17H29N3O. The fourth-order valence-electron chi connectivity index (χ4n) is 3.59. The second kappa shape index (κ2) is 7.76. The lowest BCUT2D eigenvalue weighted by Gasteiger charge is -2.40. The quantitative estimate of drug-likeness (QED) is 0.791. The Morgan fingerprint density at radius 1 is 1.33 bits per heavy atom. The molecule has 118 valence electrons. The van der Waals surface area contributed by atoms with E-state index in [1.165, 1.54) is 25.7 Å². The van der Waals surface area contributed by atoms with E-state index >= 15 is 0 Å². The van der Waals surface area contributed by atoms with Gasteiger partial charge < -0.3 is 15.8 Å². The summed E-state index contributed by atoms with van der Waals surface area (Å²) in [5, 5.41) is 3.49. The van der Waals surface area contributed by atoms with Crippen molar-refractivity contribution >= 4 is 5.69 Å². The molecule has 1 aliphatic carbocycles. The molecule has 1 atom stereocenters. The highest BCUT2D eigenvalue weighted by Gasteiger charge is 2.39. The molecule has 1 heterocycles. The van der Waals surface area contributed by atoms with Crippen LogP contribution in [-0.4, -0.2) is 30.3 Å². The lowest BCUT2D eigenvalue weighted by atomic mass is 9.82. The minimum absolute atomic E-state index is 0.0672. The summed E-state index contributed by atoms with van der Waals surface area (Å²) < 4.78 is 6.29. The van der Waals surface area contributed by atoms with Gasteiger partial charge in [-0.15, -0.1) is 0 Å². The van der Waals surface area contributed by atoms with Gasteiger partial charge in [-0.25, -0.2) is 0 Å². The van der Waals surface area contributed by atoms with E-state index in [4.69, 9.17) is 10.5 Å². The van der Waals surface area contributed by atoms with Gasteiger partial charge in [0.05, 0.1) is 5.60 Å². The number of pyridine rings is 1. The van der Waals surface area contributed by atoms with Crippen molar-refractivity contribution in [2.75, 3.05) is 19.4 Å². The van der Waals surface area contributed by atoms with E-state index in [0.717, 1.165) is 37.1 Å². The maximum Gasteiger partial charge on any atom is 0.0837 e. The molecule has 3 N–H and O–H groups in total. The molecule has 0 spiro atoms. The zero-order chi connectivity index (χ0) is 15.1. The average molecular weight is 291 g/mol. The Kier molecular flexibility index (Phi) is 6.00. The monoisotopic (exact) mass is 291 g/mol. The Bertz CT molecular complexity index is 428. The number of likely N-dealkylation sites (N-methyl/N-ethyl adjacent to an activating group) is 1. The van der Waals surface area contributed by atoms with E-state index in [1.54, 1.807) is 6.20 Å². The molecule has 0 bridgehead atoms. The minimum atomic E-state index is -0.0672. The van der Waals surface area contributed by atoms with E-state index in [1.807, 2.05) is 19.3 Å². The largest absolute Gasteiger partial charge is 0.398 e. The minimum Gasteiger partial charge on any atom is -0.398 e. The predicted octanol–water partition coefficient (Wildman–Crippen LogP) is 2.92. The van der Waals surface area contributed by atoms with Crippen molar-refractivity contribution in [3.05, 3.63) is 24.0 Å². The standard InChI is InChI=1S/C17H29N3O/c1-3-21-17(9-6-4-5-7-10-17)16(19-2)12-14-13-20-11-8-15(14)18/h8,11,13,16,19H,3-7,9-10,12H2,1-2H3,(H2,18,20). The van der Waals surface area contributed by atoms with Gasteiger partial charge in [0.25, 0.3) is 0 Å². The van der Waals surface area contributed by atoms with Crippen molar-refractivity contribution in [3.63, 3.8) is 0 Å². The molecule has 4 nitrogen and oxygen atoms in total. The highest BCUT2D eigenvalue weighted by molar-refractivity contribution is 5.44. The third-order valence-corrected chi connectivity index (χ3v) is 4.73. The highest BCUT2D eigenvalue weighted by Crippen LogP contribution is 2.35. The number of hydrogen-bond acceptors (Lipinski definition) is 4. The van der Waals surface area contributed by atoms with Crippen molar-refractivity contribution in [3.8, 4) is 0 Å². The normalized spacial score (nSPS) is 19.9. The first kappa shape index (κ1) is 16.2. The Hall–Kier alpha value is -1.13. The number of hydrogen-bond donors (Lipinski definition) is 2. The topological polar surface area (TPSA) is 60.2 Å². The number of ether oxygens (including phenoxy) is 1. The van der Waals surface area contributed by atoms with Crippen LogP contribution in [0.4, 0.5) is 5.69 Å². The summed E-state index contributed by atoms with van der Waals surface area (Å²) in [7, 11) is 2.03.